The van der Waals surface area contributed by atoms with Crippen LogP contribution in [0.5, 0.6) is 0 Å². The van der Waals surface area contributed by atoms with Crippen LogP contribution in [0, 0.1) is 39.5 Å². The van der Waals surface area contributed by atoms with Crippen LogP contribution in [0.4, 0.5) is 0 Å². The molecule has 5 nitrogen and oxygen atoms in total. The number of rotatable bonds is 4. The predicted octanol–water partition coefficient (Wildman–Crippen LogP) is 4.02. The van der Waals surface area contributed by atoms with E-state index in [1.807, 2.05) is 33.8 Å². The Bertz CT molecular complexity index is 836. The van der Waals surface area contributed by atoms with Crippen molar-refractivity contribution in [1.82, 2.24) is 9.62 Å². The lowest BCUT2D eigenvalue weighted by Crippen LogP contribution is -2.46. The van der Waals surface area contributed by atoms with Gasteiger partial charge in [-0.1, -0.05) is 13.0 Å². The van der Waals surface area contributed by atoms with E-state index < -0.39 is 10.0 Å². The van der Waals surface area contributed by atoms with Gasteiger partial charge in [-0.05, 0) is 94.4 Å². The number of nitrogens with zero attached hydrogens (tertiary/aromatic N) is 1. The van der Waals surface area contributed by atoms with Gasteiger partial charge >= 0.3 is 0 Å². The zero-order valence-corrected chi connectivity index (χ0v) is 19.4. The molecule has 0 spiro atoms. The third-order valence-corrected chi connectivity index (χ3v) is 9.26. The lowest BCUT2D eigenvalue weighted by molar-refractivity contribution is -0.127. The second kappa shape index (κ2) is 8.76. The molecule has 1 aromatic carbocycles. The Balaban J connectivity index is 1.65. The topological polar surface area (TPSA) is 66.5 Å². The molecule has 0 radical (unpaired) electrons. The Morgan fingerprint density at radius 2 is 1.45 bits per heavy atom. The third kappa shape index (κ3) is 4.69. The molecule has 1 N–H and O–H groups in total. The van der Waals surface area contributed by atoms with Gasteiger partial charge in [0.25, 0.3) is 0 Å². The number of piperidine rings is 1. The molecular formula is C23H36N2O3S. The van der Waals surface area contributed by atoms with Crippen LogP contribution in [-0.2, 0) is 14.8 Å². The molecular weight excluding hydrogens is 384 g/mol. The first-order valence-electron chi connectivity index (χ1n) is 11.0. The molecule has 1 aliphatic heterocycles. The molecule has 1 aliphatic carbocycles. The van der Waals surface area contributed by atoms with Crippen molar-refractivity contribution in [2.24, 2.45) is 11.8 Å². The summed E-state index contributed by atoms with van der Waals surface area (Å²) in [5.74, 6) is 0.788. The van der Waals surface area contributed by atoms with Crippen molar-refractivity contribution < 1.29 is 13.2 Å². The highest BCUT2D eigenvalue weighted by molar-refractivity contribution is 7.89. The number of nitrogens with one attached hydrogen (secondary N) is 1. The number of benzene rings is 1. The number of sulfonamides is 1. The Kier molecular flexibility index (Phi) is 6.74. The Morgan fingerprint density at radius 3 is 1.97 bits per heavy atom. The highest BCUT2D eigenvalue weighted by Gasteiger charge is 2.35. The van der Waals surface area contributed by atoms with Crippen molar-refractivity contribution in [3.8, 4) is 0 Å². The van der Waals surface area contributed by atoms with E-state index in [2.05, 4.69) is 12.2 Å². The van der Waals surface area contributed by atoms with E-state index in [0.29, 0.717) is 36.9 Å². The van der Waals surface area contributed by atoms with Gasteiger partial charge < -0.3 is 5.32 Å². The average molecular weight is 421 g/mol. The second-order valence-electron chi connectivity index (χ2n) is 9.23. The summed E-state index contributed by atoms with van der Waals surface area (Å²) in [5.41, 5.74) is 3.67. The monoisotopic (exact) mass is 420 g/mol. The van der Waals surface area contributed by atoms with E-state index in [4.69, 9.17) is 0 Å². The standard InChI is InChI=1S/C23H36N2O3S/c1-15-6-8-21(9-7-15)24-23(26)20-10-12-25(13-11-20)29(27,28)22-18(4)16(2)14-17(3)19(22)5/h14-15,20-21H,6-13H2,1-5H3,(H,24,26). The molecule has 1 saturated heterocycles. The molecule has 0 bridgehead atoms. The van der Waals surface area contributed by atoms with E-state index >= 15 is 0 Å². The minimum absolute atomic E-state index is 0.0813. The first-order chi connectivity index (χ1) is 13.6. The molecule has 0 unspecified atom stereocenters. The van der Waals surface area contributed by atoms with Crippen molar-refractivity contribution in [3.05, 3.63) is 28.3 Å². The van der Waals surface area contributed by atoms with Gasteiger partial charge in [-0.15, -0.1) is 0 Å². The van der Waals surface area contributed by atoms with Gasteiger partial charge in [0, 0.05) is 25.0 Å². The molecule has 1 heterocycles. The first kappa shape index (κ1) is 22.3. The third-order valence-electron chi connectivity index (χ3n) is 7.08. The molecule has 1 saturated carbocycles. The zero-order chi connectivity index (χ0) is 21.3. The number of hydrogen-bond donors (Lipinski definition) is 1. The number of carbonyl (C=O) groups excluding carboxylic acids is 1. The van der Waals surface area contributed by atoms with Crippen molar-refractivity contribution in [2.75, 3.05) is 13.1 Å². The van der Waals surface area contributed by atoms with Gasteiger partial charge in [0.2, 0.25) is 15.9 Å². The Labute approximate surface area is 176 Å². The van der Waals surface area contributed by atoms with Crippen LogP contribution in [0.25, 0.3) is 0 Å². The van der Waals surface area contributed by atoms with Gasteiger partial charge in [-0.2, -0.15) is 4.31 Å². The summed E-state index contributed by atoms with van der Waals surface area (Å²) < 4.78 is 28.3. The first-order valence-corrected chi connectivity index (χ1v) is 12.4. The average Bonchev–Trinajstić information content (AvgIpc) is 2.68. The molecule has 0 atom stereocenters. The van der Waals surface area contributed by atoms with Crippen LogP contribution in [0.3, 0.4) is 0 Å². The summed E-state index contributed by atoms with van der Waals surface area (Å²) >= 11 is 0. The zero-order valence-electron chi connectivity index (χ0n) is 18.5. The highest BCUT2D eigenvalue weighted by atomic mass is 32.2. The maximum absolute atomic E-state index is 13.4. The maximum atomic E-state index is 13.4. The van der Waals surface area contributed by atoms with E-state index in [0.717, 1.165) is 41.0 Å². The summed E-state index contributed by atoms with van der Waals surface area (Å²) in [6, 6.07) is 2.34. The molecule has 29 heavy (non-hydrogen) atoms. The molecule has 0 aromatic heterocycles. The lowest BCUT2D eigenvalue weighted by Gasteiger charge is -2.33. The van der Waals surface area contributed by atoms with E-state index in [9.17, 15) is 13.2 Å². The van der Waals surface area contributed by atoms with Crippen LogP contribution in [0.2, 0.25) is 0 Å². The second-order valence-corrected chi connectivity index (χ2v) is 11.1. The Morgan fingerprint density at radius 1 is 0.931 bits per heavy atom. The number of amides is 1. The minimum Gasteiger partial charge on any atom is -0.353 e. The summed E-state index contributed by atoms with van der Waals surface area (Å²) in [7, 11) is -3.55. The number of hydrogen-bond acceptors (Lipinski definition) is 3. The Hall–Kier alpha value is -1.40. The van der Waals surface area contributed by atoms with Crippen LogP contribution >= 0.6 is 0 Å². The number of aryl methyl sites for hydroxylation is 2. The molecule has 3 rings (SSSR count). The molecule has 2 fully saturated rings. The summed E-state index contributed by atoms with van der Waals surface area (Å²) in [4.78, 5) is 13.1. The van der Waals surface area contributed by atoms with E-state index in [-0.39, 0.29) is 11.8 Å². The van der Waals surface area contributed by atoms with Crippen molar-refractivity contribution >= 4 is 15.9 Å². The summed E-state index contributed by atoms with van der Waals surface area (Å²) in [5, 5.41) is 3.22. The minimum atomic E-state index is -3.55. The lowest BCUT2D eigenvalue weighted by atomic mass is 9.87. The van der Waals surface area contributed by atoms with Crippen LogP contribution < -0.4 is 5.32 Å². The predicted molar refractivity (Wildman–Crippen MR) is 116 cm³/mol. The van der Waals surface area contributed by atoms with Crippen LogP contribution in [0.15, 0.2) is 11.0 Å². The molecule has 6 heteroatoms. The smallest absolute Gasteiger partial charge is 0.243 e. The van der Waals surface area contributed by atoms with Crippen molar-refractivity contribution in [3.63, 3.8) is 0 Å². The van der Waals surface area contributed by atoms with E-state index in [1.165, 1.54) is 12.8 Å². The van der Waals surface area contributed by atoms with Crippen molar-refractivity contribution in [1.29, 1.82) is 0 Å². The normalized spacial score (nSPS) is 24.4. The summed E-state index contributed by atoms with van der Waals surface area (Å²) in [6.45, 7) is 10.8. The molecule has 1 aromatic rings. The van der Waals surface area contributed by atoms with E-state index in [1.54, 1.807) is 4.31 Å². The van der Waals surface area contributed by atoms with Gasteiger partial charge in [0.1, 0.15) is 0 Å². The van der Waals surface area contributed by atoms with Crippen molar-refractivity contribution in [2.45, 2.75) is 84.1 Å². The van der Waals surface area contributed by atoms with Gasteiger partial charge in [-0.3, -0.25) is 4.79 Å². The quantitative estimate of drug-likeness (QED) is 0.800. The van der Waals surface area contributed by atoms with Gasteiger partial charge in [0.05, 0.1) is 4.90 Å². The van der Waals surface area contributed by atoms with Gasteiger partial charge in [0.15, 0.2) is 0 Å². The molecule has 2 aliphatic rings. The fourth-order valence-corrected chi connectivity index (χ4v) is 6.82. The molecule has 162 valence electrons. The fourth-order valence-electron chi connectivity index (χ4n) is 4.78. The SMILES string of the molecule is Cc1cc(C)c(C)c(S(=O)(=O)N2CCC(C(=O)NC3CCC(C)CC3)CC2)c1C. The highest BCUT2D eigenvalue weighted by Crippen LogP contribution is 2.31. The molecule has 1 amide bonds. The summed E-state index contributed by atoms with van der Waals surface area (Å²) in [6.07, 6.45) is 5.66. The largest absolute Gasteiger partial charge is 0.353 e. The maximum Gasteiger partial charge on any atom is 0.243 e. The van der Waals surface area contributed by atoms with Crippen LogP contribution in [0.1, 0.15) is 67.7 Å². The fraction of sp³-hybridized carbons (Fsp3) is 0.696. The van der Waals surface area contributed by atoms with Gasteiger partial charge in [-0.25, -0.2) is 8.42 Å². The van der Waals surface area contributed by atoms with Crippen LogP contribution in [-0.4, -0.2) is 37.8 Å². The number of carbonyl (C=O) groups is 1.